The molecule has 3 amide bonds. The fourth-order valence-corrected chi connectivity index (χ4v) is 4.76. The van der Waals surface area contributed by atoms with E-state index < -0.39 is 53.8 Å². The quantitative estimate of drug-likeness (QED) is 0.104. The molecule has 226 valence electrons. The smallest absolute Gasteiger partial charge is 0.326 e. The van der Waals surface area contributed by atoms with E-state index in [-0.39, 0.29) is 32.1 Å². The van der Waals surface area contributed by atoms with Gasteiger partial charge in [0.25, 0.3) is 0 Å². The van der Waals surface area contributed by atoms with E-state index in [2.05, 4.69) is 30.9 Å². The third-order valence-electron chi connectivity index (χ3n) is 6.58. The monoisotopic (exact) mass is 601 g/mol. The lowest BCUT2D eigenvalue weighted by molar-refractivity contribution is -0.142. The van der Waals surface area contributed by atoms with Gasteiger partial charge in [-0.2, -0.15) is 11.8 Å². The summed E-state index contributed by atoms with van der Waals surface area (Å²) in [6.07, 6.45) is 6.13. The summed E-state index contributed by atoms with van der Waals surface area (Å²) in [5.41, 5.74) is 7.94. The van der Waals surface area contributed by atoms with E-state index in [0.717, 1.165) is 16.5 Å². The summed E-state index contributed by atoms with van der Waals surface area (Å²) < 4.78 is 0. The number of carbonyl (C=O) groups excluding carboxylic acids is 3. The molecule has 2 aromatic heterocycles. The van der Waals surface area contributed by atoms with Crippen molar-refractivity contribution in [2.75, 3.05) is 12.0 Å². The number of imidazole rings is 1. The number of H-pyrrole nitrogens is 2. The molecule has 0 aliphatic rings. The number of thioether (sulfide) groups is 1. The minimum Gasteiger partial charge on any atom is -0.481 e. The standard InChI is InChI=1S/C27H35N7O7S/c1-42-9-8-20(25(38)34-22(27(40)41)11-16-13-29-14-31-16)32-26(39)21(33-24(37)18(28)6-7-23(35)36)10-15-12-30-19-5-3-2-4-17(15)19/h2-5,12-14,18,20-22,30H,6-11,28H2,1H3,(H,29,31)(H,32,39)(H,33,37)(H,34,38)(H,35,36)(H,40,41). The summed E-state index contributed by atoms with van der Waals surface area (Å²) >= 11 is 1.44. The molecule has 9 N–H and O–H groups in total. The zero-order valence-corrected chi connectivity index (χ0v) is 23.8. The first kappa shape index (κ1) is 32.1. The van der Waals surface area contributed by atoms with Gasteiger partial charge in [0.2, 0.25) is 17.7 Å². The normalized spacial score (nSPS) is 14.0. The number of hydrogen-bond acceptors (Lipinski definition) is 8. The van der Waals surface area contributed by atoms with E-state index in [9.17, 15) is 29.1 Å². The Balaban J connectivity index is 1.80. The largest absolute Gasteiger partial charge is 0.481 e. The van der Waals surface area contributed by atoms with E-state index in [1.54, 1.807) is 6.20 Å². The van der Waals surface area contributed by atoms with Crippen LogP contribution in [-0.4, -0.2) is 91.0 Å². The molecule has 15 heteroatoms. The number of aromatic amines is 2. The Hall–Kier alpha value is -4.37. The molecule has 0 fully saturated rings. The molecule has 0 saturated carbocycles. The Morgan fingerprint density at radius 2 is 1.62 bits per heavy atom. The molecule has 4 unspecified atom stereocenters. The van der Waals surface area contributed by atoms with Crippen LogP contribution in [0.1, 0.15) is 30.5 Å². The van der Waals surface area contributed by atoms with Crippen molar-refractivity contribution in [1.29, 1.82) is 0 Å². The molecule has 3 rings (SSSR count). The molecule has 3 aromatic rings. The van der Waals surface area contributed by atoms with Crippen LogP contribution in [0.15, 0.2) is 43.0 Å². The predicted molar refractivity (Wildman–Crippen MR) is 156 cm³/mol. The van der Waals surface area contributed by atoms with Crippen LogP contribution < -0.4 is 21.7 Å². The molecule has 0 bridgehead atoms. The molecule has 4 atom stereocenters. The number of aromatic nitrogens is 3. The predicted octanol–water partition coefficient (Wildman–Crippen LogP) is 0.160. The molecule has 2 heterocycles. The number of hydrogen-bond donors (Lipinski definition) is 8. The summed E-state index contributed by atoms with van der Waals surface area (Å²) in [7, 11) is 0. The van der Waals surface area contributed by atoms with Crippen molar-refractivity contribution in [3.8, 4) is 0 Å². The average molecular weight is 602 g/mol. The van der Waals surface area contributed by atoms with Crippen molar-refractivity contribution in [2.45, 2.75) is 56.3 Å². The van der Waals surface area contributed by atoms with Crippen LogP contribution in [0.3, 0.4) is 0 Å². The summed E-state index contributed by atoms with van der Waals surface area (Å²) in [5.74, 6) is -3.97. The van der Waals surface area contributed by atoms with Gasteiger partial charge >= 0.3 is 11.9 Å². The molecule has 0 aliphatic heterocycles. The number of nitrogens with two attached hydrogens (primary N) is 1. The van der Waals surface area contributed by atoms with Gasteiger partial charge in [-0.15, -0.1) is 0 Å². The fraction of sp³-hybridized carbons (Fsp3) is 0.407. The van der Waals surface area contributed by atoms with Gasteiger partial charge in [0, 0.05) is 48.3 Å². The van der Waals surface area contributed by atoms with Gasteiger partial charge < -0.3 is 41.9 Å². The number of benzene rings is 1. The lowest BCUT2D eigenvalue weighted by Crippen LogP contribution is -2.58. The van der Waals surface area contributed by atoms with Crippen LogP contribution in [-0.2, 0) is 36.8 Å². The Bertz CT molecular complexity index is 1380. The van der Waals surface area contributed by atoms with Crippen LogP contribution >= 0.6 is 11.8 Å². The Labute approximate surface area is 245 Å². The summed E-state index contributed by atoms with van der Waals surface area (Å²) in [5, 5.41) is 27.2. The summed E-state index contributed by atoms with van der Waals surface area (Å²) in [6.45, 7) is 0. The third-order valence-corrected chi connectivity index (χ3v) is 7.22. The van der Waals surface area contributed by atoms with Gasteiger partial charge in [0.05, 0.1) is 12.4 Å². The number of carboxylic acids is 2. The Morgan fingerprint density at radius 3 is 2.29 bits per heavy atom. The van der Waals surface area contributed by atoms with Crippen molar-refractivity contribution in [3.05, 3.63) is 54.2 Å². The van der Waals surface area contributed by atoms with E-state index in [0.29, 0.717) is 11.4 Å². The maximum Gasteiger partial charge on any atom is 0.326 e. The average Bonchev–Trinajstić information content (AvgIpc) is 3.63. The summed E-state index contributed by atoms with van der Waals surface area (Å²) in [6, 6.07) is 2.68. The highest BCUT2D eigenvalue weighted by Crippen LogP contribution is 2.19. The highest BCUT2D eigenvalue weighted by molar-refractivity contribution is 7.98. The fourth-order valence-electron chi connectivity index (χ4n) is 4.28. The number of carboxylic acid groups (broad SMARTS) is 2. The number of fused-ring (bicyclic) bond motifs is 1. The number of nitrogens with one attached hydrogen (secondary N) is 5. The van der Waals surface area contributed by atoms with Crippen molar-refractivity contribution in [2.24, 2.45) is 5.73 Å². The zero-order valence-electron chi connectivity index (χ0n) is 23.0. The highest BCUT2D eigenvalue weighted by atomic mass is 32.2. The van der Waals surface area contributed by atoms with E-state index in [1.165, 1.54) is 24.3 Å². The van der Waals surface area contributed by atoms with Gasteiger partial charge in [0.15, 0.2) is 0 Å². The van der Waals surface area contributed by atoms with Crippen LogP contribution in [0.2, 0.25) is 0 Å². The van der Waals surface area contributed by atoms with Crippen LogP contribution in [0.4, 0.5) is 0 Å². The number of rotatable bonds is 17. The highest BCUT2D eigenvalue weighted by Gasteiger charge is 2.31. The number of carbonyl (C=O) groups is 5. The second kappa shape index (κ2) is 15.6. The van der Waals surface area contributed by atoms with Crippen molar-refractivity contribution >= 4 is 52.3 Å². The first-order valence-electron chi connectivity index (χ1n) is 13.2. The topological polar surface area (TPSA) is 232 Å². The van der Waals surface area contributed by atoms with Crippen LogP contribution in [0, 0.1) is 0 Å². The van der Waals surface area contributed by atoms with E-state index >= 15 is 0 Å². The summed E-state index contributed by atoms with van der Waals surface area (Å²) in [4.78, 5) is 72.2. The maximum atomic E-state index is 13.6. The lowest BCUT2D eigenvalue weighted by atomic mass is 10.0. The van der Waals surface area contributed by atoms with Gasteiger partial charge in [-0.3, -0.25) is 19.2 Å². The van der Waals surface area contributed by atoms with Crippen molar-refractivity contribution in [1.82, 2.24) is 30.9 Å². The molecule has 0 aliphatic carbocycles. The molecule has 14 nitrogen and oxygen atoms in total. The minimum absolute atomic E-state index is 0.0433. The van der Waals surface area contributed by atoms with Crippen molar-refractivity contribution < 1.29 is 34.2 Å². The number of nitrogens with zero attached hydrogens (tertiary/aromatic N) is 1. The molecule has 1 aromatic carbocycles. The SMILES string of the molecule is CSCCC(NC(=O)C(Cc1c[nH]c2ccccc12)NC(=O)C(N)CCC(=O)O)C(=O)NC(Cc1cnc[nH]1)C(=O)O. The second-order valence-corrected chi connectivity index (χ2v) is 10.7. The Morgan fingerprint density at radius 1 is 0.929 bits per heavy atom. The van der Waals surface area contributed by atoms with Gasteiger partial charge in [0.1, 0.15) is 18.1 Å². The van der Waals surface area contributed by atoms with Gasteiger partial charge in [-0.05, 0) is 36.5 Å². The first-order chi connectivity index (χ1) is 20.1. The number of amides is 3. The minimum atomic E-state index is -1.28. The third kappa shape index (κ3) is 9.34. The first-order valence-corrected chi connectivity index (χ1v) is 14.6. The number of para-hydroxylation sites is 1. The Kier molecular flexibility index (Phi) is 11.9. The molecule has 0 radical (unpaired) electrons. The lowest BCUT2D eigenvalue weighted by Gasteiger charge is -2.25. The maximum absolute atomic E-state index is 13.6. The van der Waals surface area contributed by atoms with E-state index in [4.69, 9.17) is 10.8 Å². The molecule has 0 saturated heterocycles. The number of aliphatic carboxylic acids is 2. The van der Waals surface area contributed by atoms with E-state index in [1.807, 2.05) is 30.5 Å². The molecule has 42 heavy (non-hydrogen) atoms. The van der Waals surface area contributed by atoms with Crippen LogP contribution in [0.25, 0.3) is 10.9 Å². The van der Waals surface area contributed by atoms with Crippen LogP contribution in [0.5, 0.6) is 0 Å². The molecule has 0 spiro atoms. The van der Waals surface area contributed by atoms with Crippen molar-refractivity contribution in [3.63, 3.8) is 0 Å². The van der Waals surface area contributed by atoms with Gasteiger partial charge in [-0.25, -0.2) is 9.78 Å². The molecular formula is C27H35N7O7S. The van der Waals surface area contributed by atoms with Gasteiger partial charge in [-0.1, -0.05) is 18.2 Å². The zero-order chi connectivity index (χ0) is 30.6. The molecular weight excluding hydrogens is 566 g/mol. The second-order valence-electron chi connectivity index (χ2n) is 9.69.